The number of para-hydroxylation sites is 1. The summed E-state index contributed by atoms with van der Waals surface area (Å²) in [5.41, 5.74) is 6.36. The lowest BCUT2D eigenvalue weighted by molar-refractivity contribution is 0.642. The molecule has 154 valence electrons. The zero-order valence-corrected chi connectivity index (χ0v) is 18.3. The van der Waals surface area contributed by atoms with Crippen molar-refractivity contribution in [2.45, 2.75) is 51.5 Å². The molecule has 5 aromatic rings. The van der Waals surface area contributed by atoms with E-state index in [9.17, 15) is 0 Å². The van der Waals surface area contributed by atoms with Crippen LogP contribution in [0, 0.1) is 0 Å². The zero-order valence-electron chi connectivity index (χ0n) is 18.3. The Morgan fingerprint density at radius 3 is 2.42 bits per heavy atom. The fourth-order valence-electron chi connectivity index (χ4n) is 5.64. The molecule has 0 bridgehead atoms. The van der Waals surface area contributed by atoms with E-state index in [-0.39, 0.29) is 0 Å². The maximum atomic E-state index is 4.83. The van der Waals surface area contributed by atoms with Crippen LogP contribution in [0.25, 0.3) is 43.8 Å². The smallest absolute Gasteiger partial charge is 0.0781 e. The second-order valence-electron chi connectivity index (χ2n) is 9.33. The highest BCUT2D eigenvalue weighted by molar-refractivity contribution is 6.09. The van der Waals surface area contributed by atoms with Gasteiger partial charge in [0.25, 0.3) is 0 Å². The van der Waals surface area contributed by atoms with E-state index in [0.717, 1.165) is 11.6 Å². The molecule has 2 nitrogen and oxygen atoms in total. The zero-order chi connectivity index (χ0) is 20.9. The Hall–Kier alpha value is -3.13. The minimum atomic E-state index is 0.395. The third-order valence-electron chi connectivity index (χ3n) is 7.12. The van der Waals surface area contributed by atoms with Gasteiger partial charge in [-0.05, 0) is 61.8 Å². The summed E-state index contributed by atoms with van der Waals surface area (Å²) in [4.78, 5) is 4.83. The number of aromatic nitrogens is 2. The van der Waals surface area contributed by atoms with Crippen molar-refractivity contribution in [2.24, 2.45) is 0 Å². The summed E-state index contributed by atoms with van der Waals surface area (Å²) in [6.07, 6.45) is 7.38. The van der Waals surface area contributed by atoms with Crippen LogP contribution in [-0.4, -0.2) is 9.55 Å². The van der Waals surface area contributed by atoms with Crippen molar-refractivity contribution in [2.75, 3.05) is 0 Å². The third kappa shape index (κ3) is 2.96. The average molecular weight is 405 g/mol. The largest absolute Gasteiger partial charge is 0.338 e. The van der Waals surface area contributed by atoms with Crippen LogP contribution in [0.2, 0.25) is 0 Å². The van der Waals surface area contributed by atoms with E-state index in [2.05, 4.69) is 85.1 Å². The SMILES string of the molecule is CC(C)n1c2ccccc2c2ccc(-c3nccc4cc(C5CCCC5)ccc34)cc21. The van der Waals surface area contributed by atoms with E-state index in [4.69, 9.17) is 4.98 Å². The molecule has 3 aromatic carbocycles. The molecule has 1 fully saturated rings. The molecule has 1 saturated carbocycles. The van der Waals surface area contributed by atoms with Crippen LogP contribution >= 0.6 is 0 Å². The van der Waals surface area contributed by atoms with Crippen LogP contribution in [0.4, 0.5) is 0 Å². The van der Waals surface area contributed by atoms with Gasteiger partial charge in [-0.25, -0.2) is 0 Å². The van der Waals surface area contributed by atoms with Crippen LogP contribution in [0.5, 0.6) is 0 Å². The third-order valence-corrected chi connectivity index (χ3v) is 7.12. The first-order chi connectivity index (χ1) is 15.2. The number of benzene rings is 3. The number of nitrogens with zero attached hydrogens (tertiary/aromatic N) is 2. The molecule has 2 heterocycles. The van der Waals surface area contributed by atoms with Crippen molar-refractivity contribution in [3.63, 3.8) is 0 Å². The van der Waals surface area contributed by atoms with Gasteiger partial charge in [-0.3, -0.25) is 4.98 Å². The molecular formula is C29H28N2. The quantitative estimate of drug-likeness (QED) is 0.296. The number of hydrogen-bond donors (Lipinski definition) is 0. The summed E-state index contributed by atoms with van der Waals surface area (Å²) in [5, 5.41) is 5.19. The number of pyridine rings is 1. The lowest BCUT2D eigenvalue weighted by Crippen LogP contribution is -2.00. The molecule has 0 aliphatic heterocycles. The Bertz CT molecular complexity index is 1420. The summed E-state index contributed by atoms with van der Waals surface area (Å²) in [5.74, 6) is 0.735. The first-order valence-corrected chi connectivity index (χ1v) is 11.6. The van der Waals surface area contributed by atoms with E-state index in [0.29, 0.717) is 6.04 Å². The molecule has 0 saturated heterocycles. The highest BCUT2D eigenvalue weighted by Gasteiger charge is 2.18. The van der Waals surface area contributed by atoms with Crippen molar-refractivity contribution in [1.29, 1.82) is 0 Å². The molecule has 2 aromatic heterocycles. The Morgan fingerprint density at radius 2 is 1.58 bits per heavy atom. The molecule has 31 heavy (non-hydrogen) atoms. The minimum Gasteiger partial charge on any atom is -0.338 e. The van der Waals surface area contributed by atoms with Crippen LogP contribution < -0.4 is 0 Å². The van der Waals surface area contributed by atoms with Gasteiger partial charge in [-0.2, -0.15) is 0 Å². The van der Waals surface area contributed by atoms with Crippen LogP contribution in [0.3, 0.4) is 0 Å². The molecule has 0 N–H and O–H groups in total. The monoisotopic (exact) mass is 404 g/mol. The second kappa shape index (κ2) is 7.23. The molecular weight excluding hydrogens is 376 g/mol. The predicted molar refractivity (Wildman–Crippen MR) is 132 cm³/mol. The van der Waals surface area contributed by atoms with Gasteiger partial charge in [0.15, 0.2) is 0 Å². The highest BCUT2D eigenvalue weighted by Crippen LogP contribution is 2.38. The maximum Gasteiger partial charge on any atom is 0.0781 e. The van der Waals surface area contributed by atoms with Gasteiger partial charge in [-0.1, -0.05) is 61.4 Å². The summed E-state index contributed by atoms with van der Waals surface area (Å²) in [7, 11) is 0. The van der Waals surface area contributed by atoms with Crippen LogP contribution in [0.1, 0.15) is 57.1 Å². The molecule has 0 spiro atoms. The number of fused-ring (bicyclic) bond motifs is 4. The molecule has 1 aliphatic rings. The van der Waals surface area contributed by atoms with Gasteiger partial charge in [0.05, 0.1) is 11.2 Å². The summed E-state index contributed by atoms with van der Waals surface area (Å²) < 4.78 is 2.46. The highest BCUT2D eigenvalue weighted by atomic mass is 15.0. The molecule has 0 amide bonds. The van der Waals surface area contributed by atoms with Gasteiger partial charge >= 0.3 is 0 Å². The minimum absolute atomic E-state index is 0.395. The van der Waals surface area contributed by atoms with E-state index in [1.807, 2.05) is 6.20 Å². The van der Waals surface area contributed by atoms with Crippen molar-refractivity contribution >= 4 is 32.6 Å². The normalized spacial score (nSPS) is 15.1. The maximum absolute atomic E-state index is 4.83. The summed E-state index contributed by atoms with van der Waals surface area (Å²) in [6, 6.07) is 25.2. The number of hydrogen-bond acceptors (Lipinski definition) is 1. The average Bonchev–Trinajstić information content (AvgIpc) is 3.44. The number of rotatable bonds is 3. The lowest BCUT2D eigenvalue weighted by Gasteiger charge is -2.14. The summed E-state index contributed by atoms with van der Waals surface area (Å²) in [6.45, 7) is 4.53. The molecule has 2 heteroatoms. The van der Waals surface area contributed by atoms with E-state index < -0.39 is 0 Å². The predicted octanol–water partition coefficient (Wildman–Crippen LogP) is 8.25. The van der Waals surface area contributed by atoms with Gasteiger partial charge in [0.2, 0.25) is 0 Å². The summed E-state index contributed by atoms with van der Waals surface area (Å²) >= 11 is 0. The molecule has 0 radical (unpaired) electrons. The fraction of sp³-hybridized carbons (Fsp3) is 0.276. The van der Waals surface area contributed by atoms with Crippen molar-refractivity contribution in [3.05, 3.63) is 78.5 Å². The Labute approximate surface area is 183 Å². The first-order valence-electron chi connectivity index (χ1n) is 11.6. The Balaban J connectivity index is 1.54. The van der Waals surface area contributed by atoms with Gasteiger partial charge in [-0.15, -0.1) is 0 Å². The van der Waals surface area contributed by atoms with E-state index in [1.54, 1.807) is 0 Å². The van der Waals surface area contributed by atoms with Crippen molar-refractivity contribution in [3.8, 4) is 11.3 Å². The van der Waals surface area contributed by atoms with Crippen molar-refractivity contribution < 1.29 is 0 Å². The lowest BCUT2D eigenvalue weighted by atomic mass is 9.94. The Morgan fingerprint density at radius 1 is 0.806 bits per heavy atom. The second-order valence-corrected chi connectivity index (χ2v) is 9.33. The van der Waals surface area contributed by atoms with E-state index >= 15 is 0 Å². The Kier molecular flexibility index (Phi) is 4.34. The fourth-order valence-corrected chi connectivity index (χ4v) is 5.64. The van der Waals surface area contributed by atoms with Gasteiger partial charge in [0.1, 0.15) is 0 Å². The van der Waals surface area contributed by atoms with Crippen molar-refractivity contribution in [1.82, 2.24) is 9.55 Å². The molecule has 0 unspecified atom stereocenters. The molecule has 6 rings (SSSR count). The molecule has 1 aliphatic carbocycles. The van der Waals surface area contributed by atoms with Gasteiger partial charge < -0.3 is 4.57 Å². The van der Waals surface area contributed by atoms with Crippen LogP contribution in [0.15, 0.2) is 72.9 Å². The van der Waals surface area contributed by atoms with Crippen LogP contribution in [-0.2, 0) is 0 Å². The first kappa shape index (κ1) is 18.6. The van der Waals surface area contributed by atoms with Gasteiger partial charge in [0, 0.05) is 39.5 Å². The standard InChI is InChI=1S/C29H28N2/c1-19(2)31-27-10-6-5-9-25(27)26-14-12-23(18-28(26)31)29-24-13-11-21(20-7-3-4-8-20)17-22(24)15-16-30-29/h5-6,9-20H,3-4,7-8H2,1-2H3. The molecule has 0 atom stereocenters. The topological polar surface area (TPSA) is 17.8 Å². The van der Waals surface area contributed by atoms with E-state index in [1.165, 1.54) is 69.4 Å².